The lowest BCUT2D eigenvalue weighted by Crippen LogP contribution is -2.36. The highest BCUT2D eigenvalue weighted by Crippen LogP contribution is 2.32. The Bertz CT molecular complexity index is 737. The van der Waals surface area contributed by atoms with Gasteiger partial charge in [0.15, 0.2) is 0 Å². The van der Waals surface area contributed by atoms with Gasteiger partial charge in [0.2, 0.25) is 5.91 Å². The summed E-state index contributed by atoms with van der Waals surface area (Å²) in [6.07, 6.45) is 1.44. The zero-order chi connectivity index (χ0) is 18.5. The third kappa shape index (κ3) is 3.85. The van der Waals surface area contributed by atoms with E-state index in [0.29, 0.717) is 13.0 Å². The first-order chi connectivity index (χ1) is 12.6. The minimum absolute atomic E-state index is 0.190. The highest BCUT2D eigenvalue weighted by molar-refractivity contribution is 5.96. The van der Waals surface area contributed by atoms with Crippen LogP contribution in [0.2, 0.25) is 0 Å². The number of amides is 1. The number of anilines is 3. The first-order valence-electron chi connectivity index (χ1n) is 9.62. The van der Waals surface area contributed by atoms with E-state index in [1.807, 2.05) is 17.0 Å². The number of nitrogens with zero attached hydrogens (tertiary/aromatic N) is 2. The van der Waals surface area contributed by atoms with Crippen molar-refractivity contribution in [1.29, 1.82) is 0 Å². The van der Waals surface area contributed by atoms with Crippen LogP contribution >= 0.6 is 0 Å². The Balaban J connectivity index is 1.54. The topological polar surface area (TPSA) is 35.6 Å². The first kappa shape index (κ1) is 18.3. The van der Waals surface area contributed by atoms with Crippen LogP contribution < -0.4 is 15.1 Å². The number of fused-ring (bicyclic) bond motifs is 1. The van der Waals surface area contributed by atoms with E-state index in [-0.39, 0.29) is 11.9 Å². The zero-order valence-electron chi connectivity index (χ0n) is 16.0. The van der Waals surface area contributed by atoms with Crippen molar-refractivity contribution in [3.63, 3.8) is 0 Å². The molecular weight excluding hydrogens is 322 g/mol. The lowest BCUT2D eigenvalue weighted by Gasteiger charge is -2.23. The molecule has 0 fully saturated rings. The van der Waals surface area contributed by atoms with Crippen LogP contribution in [0.3, 0.4) is 0 Å². The molecule has 26 heavy (non-hydrogen) atoms. The van der Waals surface area contributed by atoms with Gasteiger partial charge in [0.05, 0.1) is 0 Å². The molecule has 0 saturated carbocycles. The van der Waals surface area contributed by atoms with Crippen molar-refractivity contribution in [2.24, 2.45) is 0 Å². The lowest BCUT2D eigenvalue weighted by molar-refractivity contribution is -0.118. The normalized spacial score (nSPS) is 15.7. The average Bonchev–Trinajstić information content (AvgIpc) is 2.99. The Morgan fingerprint density at radius 2 is 1.81 bits per heavy atom. The summed E-state index contributed by atoms with van der Waals surface area (Å²) >= 11 is 0. The standard InChI is InChI=1S/C22H29N3O/c1-4-24(5-2)20-12-10-19(11-13-20)23-15-14-22(26)25-17(3)16-18-8-6-7-9-21(18)25/h6-13,17,23H,4-5,14-16H2,1-3H3. The summed E-state index contributed by atoms with van der Waals surface area (Å²) in [6, 6.07) is 16.9. The number of hydrogen-bond donors (Lipinski definition) is 1. The maximum Gasteiger partial charge on any atom is 0.229 e. The molecule has 0 aromatic heterocycles. The molecule has 1 atom stereocenters. The van der Waals surface area contributed by atoms with E-state index >= 15 is 0 Å². The molecule has 0 spiro atoms. The molecular formula is C22H29N3O. The highest BCUT2D eigenvalue weighted by Gasteiger charge is 2.29. The Kier molecular flexibility index (Phi) is 5.82. The van der Waals surface area contributed by atoms with E-state index in [2.05, 4.69) is 67.4 Å². The predicted octanol–water partition coefficient (Wildman–Crippen LogP) is 4.31. The van der Waals surface area contributed by atoms with Crippen LogP contribution in [0.1, 0.15) is 32.8 Å². The van der Waals surface area contributed by atoms with Crippen molar-refractivity contribution in [1.82, 2.24) is 0 Å². The smallest absolute Gasteiger partial charge is 0.229 e. The van der Waals surface area contributed by atoms with Gasteiger partial charge in [0.25, 0.3) is 0 Å². The molecule has 0 radical (unpaired) electrons. The van der Waals surface area contributed by atoms with Gasteiger partial charge in [-0.15, -0.1) is 0 Å². The third-order valence-corrected chi connectivity index (χ3v) is 5.14. The average molecular weight is 351 g/mol. The molecule has 4 heteroatoms. The Hall–Kier alpha value is -2.49. The lowest BCUT2D eigenvalue weighted by atomic mass is 10.1. The Labute approximate surface area is 156 Å². The van der Waals surface area contributed by atoms with Crippen molar-refractivity contribution >= 4 is 23.0 Å². The van der Waals surface area contributed by atoms with Gasteiger partial charge >= 0.3 is 0 Å². The first-order valence-corrected chi connectivity index (χ1v) is 9.62. The van der Waals surface area contributed by atoms with Crippen LogP contribution in [-0.2, 0) is 11.2 Å². The van der Waals surface area contributed by atoms with Gasteiger partial charge in [-0.2, -0.15) is 0 Å². The Morgan fingerprint density at radius 3 is 2.50 bits per heavy atom. The number of carbonyl (C=O) groups excluding carboxylic acids is 1. The number of rotatable bonds is 7. The molecule has 1 amide bonds. The minimum Gasteiger partial charge on any atom is -0.385 e. The third-order valence-electron chi connectivity index (χ3n) is 5.14. The fraction of sp³-hybridized carbons (Fsp3) is 0.409. The number of para-hydroxylation sites is 1. The number of nitrogens with one attached hydrogen (secondary N) is 1. The largest absolute Gasteiger partial charge is 0.385 e. The van der Waals surface area contributed by atoms with E-state index in [1.165, 1.54) is 11.3 Å². The molecule has 1 aliphatic rings. The molecule has 4 nitrogen and oxygen atoms in total. The summed E-state index contributed by atoms with van der Waals surface area (Å²) in [5.74, 6) is 0.190. The van der Waals surface area contributed by atoms with E-state index in [1.54, 1.807) is 0 Å². The van der Waals surface area contributed by atoms with Crippen molar-refractivity contribution in [3.05, 3.63) is 54.1 Å². The van der Waals surface area contributed by atoms with Gasteiger partial charge in [-0.3, -0.25) is 4.79 Å². The molecule has 2 aromatic carbocycles. The van der Waals surface area contributed by atoms with E-state index in [4.69, 9.17) is 0 Å². The molecule has 138 valence electrons. The van der Waals surface area contributed by atoms with Crippen LogP contribution in [0.25, 0.3) is 0 Å². The molecule has 1 N–H and O–H groups in total. The van der Waals surface area contributed by atoms with E-state index in [0.717, 1.165) is 30.9 Å². The molecule has 0 saturated heterocycles. The van der Waals surface area contributed by atoms with Crippen LogP contribution in [0.15, 0.2) is 48.5 Å². The van der Waals surface area contributed by atoms with E-state index in [9.17, 15) is 4.79 Å². The quantitative estimate of drug-likeness (QED) is 0.807. The van der Waals surface area contributed by atoms with Crippen LogP contribution in [0.5, 0.6) is 0 Å². The fourth-order valence-corrected chi connectivity index (χ4v) is 3.76. The minimum atomic E-state index is 0.190. The molecule has 1 heterocycles. The molecule has 0 bridgehead atoms. The second kappa shape index (κ2) is 8.26. The van der Waals surface area contributed by atoms with Gasteiger partial charge in [0, 0.05) is 49.2 Å². The number of benzene rings is 2. The molecule has 3 rings (SSSR count). The number of hydrogen-bond acceptors (Lipinski definition) is 3. The highest BCUT2D eigenvalue weighted by atomic mass is 16.2. The molecule has 1 unspecified atom stereocenters. The maximum absolute atomic E-state index is 12.7. The number of carbonyl (C=O) groups is 1. The summed E-state index contributed by atoms with van der Waals surface area (Å²) in [6.45, 7) is 9.12. The summed E-state index contributed by atoms with van der Waals surface area (Å²) in [5, 5.41) is 3.37. The van der Waals surface area contributed by atoms with Gasteiger partial charge in [-0.25, -0.2) is 0 Å². The van der Waals surface area contributed by atoms with Gasteiger partial charge in [-0.1, -0.05) is 18.2 Å². The summed E-state index contributed by atoms with van der Waals surface area (Å²) in [7, 11) is 0. The molecule has 2 aromatic rings. The summed E-state index contributed by atoms with van der Waals surface area (Å²) in [5.41, 5.74) is 4.64. The fourth-order valence-electron chi connectivity index (χ4n) is 3.76. The summed E-state index contributed by atoms with van der Waals surface area (Å²) < 4.78 is 0. The van der Waals surface area contributed by atoms with Crippen molar-refractivity contribution < 1.29 is 4.79 Å². The van der Waals surface area contributed by atoms with E-state index < -0.39 is 0 Å². The molecule has 1 aliphatic heterocycles. The zero-order valence-corrected chi connectivity index (χ0v) is 16.0. The van der Waals surface area contributed by atoms with Gasteiger partial charge in [-0.05, 0) is 63.1 Å². The predicted molar refractivity (Wildman–Crippen MR) is 110 cm³/mol. The van der Waals surface area contributed by atoms with Gasteiger partial charge in [0.1, 0.15) is 0 Å². The van der Waals surface area contributed by atoms with Crippen LogP contribution in [-0.4, -0.2) is 31.6 Å². The van der Waals surface area contributed by atoms with Gasteiger partial charge < -0.3 is 15.1 Å². The van der Waals surface area contributed by atoms with Crippen LogP contribution in [0.4, 0.5) is 17.1 Å². The van der Waals surface area contributed by atoms with Crippen molar-refractivity contribution in [3.8, 4) is 0 Å². The second-order valence-electron chi connectivity index (χ2n) is 6.84. The maximum atomic E-state index is 12.7. The Morgan fingerprint density at radius 1 is 1.12 bits per heavy atom. The monoisotopic (exact) mass is 351 g/mol. The summed E-state index contributed by atoms with van der Waals surface area (Å²) in [4.78, 5) is 17.0. The molecule has 0 aliphatic carbocycles. The second-order valence-corrected chi connectivity index (χ2v) is 6.84. The van der Waals surface area contributed by atoms with Crippen LogP contribution in [0, 0.1) is 0 Å². The van der Waals surface area contributed by atoms with Crippen molar-refractivity contribution in [2.75, 3.05) is 34.8 Å². The SMILES string of the molecule is CCN(CC)c1ccc(NCCC(=O)N2c3ccccc3CC2C)cc1. The van der Waals surface area contributed by atoms with Crippen molar-refractivity contribution in [2.45, 2.75) is 39.7 Å².